The fourth-order valence-electron chi connectivity index (χ4n) is 1.27. The normalized spacial score (nSPS) is 9.78. The summed E-state index contributed by atoms with van der Waals surface area (Å²) in [5, 5.41) is 5.38. The summed E-state index contributed by atoms with van der Waals surface area (Å²) in [5.74, 6) is 0.687. The van der Waals surface area contributed by atoms with Crippen molar-refractivity contribution in [3.8, 4) is 6.01 Å². The lowest BCUT2D eigenvalue weighted by Gasteiger charge is -2.20. The number of nitrogens with one attached hydrogen (secondary N) is 2. The summed E-state index contributed by atoms with van der Waals surface area (Å²) < 4.78 is 4.99. The van der Waals surface area contributed by atoms with Gasteiger partial charge in [0, 0.05) is 20.6 Å². The summed E-state index contributed by atoms with van der Waals surface area (Å²) in [6, 6.07) is 0.208. The molecule has 2 N–H and O–H groups in total. The lowest BCUT2D eigenvalue weighted by Crippen LogP contribution is -2.36. The average Bonchev–Trinajstić information content (AvgIpc) is 2.43. The van der Waals surface area contributed by atoms with Gasteiger partial charge in [-0.2, -0.15) is 15.0 Å². The van der Waals surface area contributed by atoms with Gasteiger partial charge in [0.15, 0.2) is 0 Å². The van der Waals surface area contributed by atoms with Crippen LogP contribution in [0.5, 0.6) is 6.01 Å². The molecule has 0 unspecified atom stereocenters. The maximum absolute atomic E-state index is 11.4. The molecule has 1 aromatic heterocycles. The van der Waals surface area contributed by atoms with E-state index in [4.69, 9.17) is 4.74 Å². The Morgan fingerprint density at radius 1 is 1.33 bits per heavy atom. The van der Waals surface area contributed by atoms with Gasteiger partial charge in [0.05, 0.1) is 13.7 Å². The van der Waals surface area contributed by atoms with Gasteiger partial charge in [-0.25, -0.2) is 0 Å². The summed E-state index contributed by atoms with van der Waals surface area (Å²) in [7, 11) is 4.77. The van der Waals surface area contributed by atoms with Gasteiger partial charge in [0.1, 0.15) is 0 Å². The number of hydrogen-bond donors (Lipinski definition) is 2. The quantitative estimate of drug-likeness (QED) is 0.706. The Labute approximate surface area is 106 Å². The van der Waals surface area contributed by atoms with E-state index < -0.39 is 0 Å². The van der Waals surface area contributed by atoms with Gasteiger partial charge in [-0.05, 0) is 6.92 Å². The first-order chi connectivity index (χ1) is 8.64. The minimum atomic E-state index is -0.109. The molecule has 8 heteroatoms. The smallest absolute Gasteiger partial charge is 0.322 e. The van der Waals surface area contributed by atoms with Crippen molar-refractivity contribution in [2.75, 3.05) is 44.5 Å². The molecule has 0 aliphatic carbocycles. The zero-order valence-corrected chi connectivity index (χ0v) is 11.0. The molecule has 1 amide bonds. The predicted octanol–water partition coefficient (Wildman–Crippen LogP) is -0.506. The number of nitrogens with zero attached hydrogens (tertiary/aromatic N) is 4. The zero-order valence-electron chi connectivity index (χ0n) is 11.0. The largest absolute Gasteiger partial charge is 0.467 e. The molecule has 0 aliphatic heterocycles. The molecule has 0 spiro atoms. The fraction of sp³-hybridized carbons (Fsp3) is 0.600. The molecule has 1 heterocycles. The highest BCUT2D eigenvalue weighted by molar-refractivity contribution is 5.80. The first-order valence-electron chi connectivity index (χ1n) is 5.57. The van der Waals surface area contributed by atoms with E-state index in [0.717, 1.165) is 0 Å². The van der Waals surface area contributed by atoms with Crippen molar-refractivity contribution in [1.29, 1.82) is 0 Å². The Balaban J connectivity index is 3.00. The fourth-order valence-corrected chi connectivity index (χ4v) is 1.27. The summed E-state index contributed by atoms with van der Waals surface area (Å²) in [4.78, 5) is 25.4. The van der Waals surface area contributed by atoms with E-state index in [9.17, 15) is 4.79 Å². The summed E-state index contributed by atoms with van der Waals surface area (Å²) >= 11 is 0. The van der Waals surface area contributed by atoms with Crippen LogP contribution < -0.4 is 20.3 Å². The van der Waals surface area contributed by atoms with Gasteiger partial charge in [-0.3, -0.25) is 4.79 Å². The molecule has 0 bridgehead atoms. The third kappa shape index (κ3) is 3.44. The molecule has 0 aromatic carbocycles. The number of ether oxygens (including phenoxy) is 1. The minimum Gasteiger partial charge on any atom is -0.467 e. The SMILES string of the molecule is CCN(CC(=O)NC)c1nc(NC)nc(OC)n1. The van der Waals surface area contributed by atoms with Crippen LogP contribution in [0.3, 0.4) is 0 Å². The van der Waals surface area contributed by atoms with E-state index >= 15 is 0 Å². The lowest BCUT2D eigenvalue weighted by atomic mass is 10.5. The standard InChI is InChI=1S/C10H18N6O2/c1-5-16(6-7(17)11-2)9-13-8(12-3)14-10(15-9)18-4/h5-6H2,1-4H3,(H,11,17)(H,12,13,14,15). The number of amides is 1. The maximum Gasteiger partial charge on any atom is 0.322 e. The van der Waals surface area contributed by atoms with Crippen LogP contribution in [-0.4, -0.2) is 55.2 Å². The van der Waals surface area contributed by atoms with E-state index in [1.807, 2.05) is 6.92 Å². The summed E-state index contributed by atoms with van der Waals surface area (Å²) in [6.07, 6.45) is 0. The second-order valence-electron chi connectivity index (χ2n) is 3.38. The second-order valence-corrected chi connectivity index (χ2v) is 3.38. The van der Waals surface area contributed by atoms with Gasteiger partial charge >= 0.3 is 6.01 Å². The first-order valence-corrected chi connectivity index (χ1v) is 5.57. The van der Waals surface area contributed by atoms with E-state index in [0.29, 0.717) is 18.4 Å². The molecule has 0 saturated heterocycles. The third-order valence-electron chi connectivity index (χ3n) is 2.29. The number of rotatable bonds is 6. The minimum absolute atomic E-state index is 0.109. The highest BCUT2D eigenvalue weighted by Crippen LogP contribution is 2.14. The Hall–Kier alpha value is -2.12. The number of carbonyl (C=O) groups excluding carboxylic acids is 1. The van der Waals surface area contributed by atoms with Gasteiger partial charge in [-0.15, -0.1) is 0 Å². The lowest BCUT2D eigenvalue weighted by molar-refractivity contribution is -0.119. The highest BCUT2D eigenvalue weighted by atomic mass is 16.5. The molecular weight excluding hydrogens is 236 g/mol. The van der Waals surface area contributed by atoms with E-state index in [1.165, 1.54) is 7.11 Å². The van der Waals surface area contributed by atoms with Gasteiger partial charge in [-0.1, -0.05) is 0 Å². The van der Waals surface area contributed by atoms with Crippen LogP contribution in [0.1, 0.15) is 6.92 Å². The Bertz CT molecular complexity index is 389. The monoisotopic (exact) mass is 254 g/mol. The van der Waals surface area contributed by atoms with Crippen LogP contribution in [-0.2, 0) is 4.79 Å². The van der Waals surface area contributed by atoms with Gasteiger partial charge < -0.3 is 20.3 Å². The van der Waals surface area contributed by atoms with E-state index in [-0.39, 0.29) is 18.5 Å². The summed E-state index contributed by atoms with van der Waals surface area (Å²) in [5.41, 5.74) is 0. The summed E-state index contributed by atoms with van der Waals surface area (Å²) in [6.45, 7) is 2.70. The van der Waals surface area contributed by atoms with Gasteiger partial charge in [0.25, 0.3) is 0 Å². The molecule has 8 nitrogen and oxygen atoms in total. The topological polar surface area (TPSA) is 92.3 Å². The molecule has 1 rings (SSSR count). The number of hydrogen-bond acceptors (Lipinski definition) is 7. The third-order valence-corrected chi connectivity index (χ3v) is 2.29. The molecule has 18 heavy (non-hydrogen) atoms. The van der Waals surface area contributed by atoms with Gasteiger partial charge in [0.2, 0.25) is 17.8 Å². The molecule has 0 saturated carbocycles. The maximum atomic E-state index is 11.4. The number of aromatic nitrogens is 3. The van der Waals surface area contributed by atoms with Crippen molar-refractivity contribution in [3.63, 3.8) is 0 Å². The van der Waals surface area contributed by atoms with Crippen LogP contribution in [0.25, 0.3) is 0 Å². The van der Waals surface area contributed by atoms with Crippen molar-refractivity contribution < 1.29 is 9.53 Å². The molecule has 1 aromatic rings. The predicted molar refractivity (Wildman–Crippen MR) is 67.9 cm³/mol. The van der Waals surface area contributed by atoms with E-state index in [2.05, 4.69) is 25.6 Å². The molecular formula is C10H18N6O2. The number of carbonyl (C=O) groups is 1. The Kier molecular flexibility index (Phi) is 5.09. The molecule has 0 atom stereocenters. The average molecular weight is 254 g/mol. The van der Waals surface area contributed by atoms with Crippen molar-refractivity contribution in [2.24, 2.45) is 0 Å². The van der Waals surface area contributed by atoms with Crippen molar-refractivity contribution in [3.05, 3.63) is 0 Å². The van der Waals surface area contributed by atoms with Crippen LogP contribution >= 0.6 is 0 Å². The van der Waals surface area contributed by atoms with Crippen LogP contribution in [0, 0.1) is 0 Å². The second kappa shape index (κ2) is 6.58. The first kappa shape index (κ1) is 13.9. The molecule has 100 valence electrons. The molecule has 0 fully saturated rings. The number of methoxy groups -OCH3 is 1. The van der Waals surface area contributed by atoms with Crippen LogP contribution in [0.15, 0.2) is 0 Å². The van der Waals surface area contributed by atoms with E-state index in [1.54, 1.807) is 19.0 Å². The number of likely N-dealkylation sites (N-methyl/N-ethyl adjacent to an activating group) is 2. The highest BCUT2D eigenvalue weighted by Gasteiger charge is 2.14. The molecule has 0 radical (unpaired) electrons. The number of anilines is 2. The molecule has 0 aliphatic rings. The van der Waals surface area contributed by atoms with Crippen molar-refractivity contribution >= 4 is 17.8 Å². The van der Waals surface area contributed by atoms with Crippen LogP contribution in [0.2, 0.25) is 0 Å². The Morgan fingerprint density at radius 3 is 2.56 bits per heavy atom. The van der Waals surface area contributed by atoms with Crippen LogP contribution in [0.4, 0.5) is 11.9 Å². The zero-order chi connectivity index (χ0) is 13.5. The Morgan fingerprint density at radius 2 is 2.06 bits per heavy atom. The van der Waals surface area contributed by atoms with Crippen molar-refractivity contribution in [2.45, 2.75) is 6.92 Å². The van der Waals surface area contributed by atoms with Crippen molar-refractivity contribution in [1.82, 2.24) is 20.3 Å².